The Bertz CT molecular complexity index is 967. The lowest BCUT2D eigenvalue weighted by atomic mass is 10.0. The molecule has 10 heteroatoms. The maximum atomic E-state index is 13.9. The number of nitrogens with two attached hydrogens (primary N) is 1. The van der Waals surface area contributed by atoms with Crippen LogP contribution in [0.1, 0.15) is 25.8 Å². The van der Waals surface area contributed by atoms with Gasteiger partial charge in [-0.3, -0.25) is 0 Å². The van der Waals surface area contributed by atoms with Gasteiger partial charge < -0.3 is 16.2 Å². The van der Waals surface area contributed by atoms with Gasteiger partial charge in [-0.1, -0.05) is 36.9 Å². The number of thiazole rings is 1. The predicted molar refractivity (Wildman–Crippen MR) is 109 cm³/mol. The van der Waals surface area contributed by atoms with Crippen LogP contribution in [0.2, 0.25) is 0 Å². The van der Waals surface area contributed by atoms with Gasteiger partial charge in [0, 0.05) is 11.3 Å². The van der Waals surface area contributed by atoms with Crippen molar-refractivity contribution in [2.75, 3.05) is 17.7 Å². The molecule has 2 heterocycles. The van der Waals surface area contributed by atoms with Crippen LogP contribution in [0.25, 0.3) is 10.3 Å². The molecule has 1 atom stereocenters. The first-order valence-electron chi connectivity index (χ1n) is 8.74. The van der Waals surface area contributed by atoms with Crippen LogP contribution < -0.4 is 11.1 Å². The van der Waals surface area contributed by atoms with Gasteiger partial charge in [0.25, 0.3) is 0 Å². The molecule has 1 aromatic carbocycles. The summed E-state index contributed by atoms with van der Waals surface area (Å²) in [7, 11) is 0. The third-order valence-electron chi connectivity index (χ3n) is 3.93. The van der Waals surface area contributed by atoms with E-state index in [1.54, 1.807) is 0 Å². The fraction of sp³-hybridized carbons (Fsp3) is 0.389. The van der Waals surface area contributed by atoms with Crippen molar-refractivity contribution in [3.8, 4) is 0 Å². The van der Waals surface area contributed by atoms with E-state index in [0.29, 0.717) is 32.4 Å². The number of benzene rings is 1. The summed E-state index contributed by atoms with van der Waals surface area (Å²) in [6.45, 7) is 4.09. The highest BCUT2D eigenvalue weighted by atomic mass is 32.2. The monoisotopic (exact) mass is 425 g/mol. The van der Waals surface area contributed by atoms with Crippen LogP contribution in [0.3, 0.4) is 0 Å². The van der Waals surface area contributed by atoms with Crippen LogP contribution in [0, 0.1) is 17.6 Å². The summed E-state index contributed by atoms with van der Waals surface area (Å²) in [6.07, 6.45) is 0.757. The molecule has 0 radical (unpaired) electrons. The van der Waals surface area contributed by atoms with E-state index in [1.165, 1.54) is 23.1 Å². The Kier molecular flexibility index (Phi) is 6.63. The average Bonchev–Trinajstić information content (AvgIpc) is 3.02. The third-order valence-corrected chi connectivity index (χ3v) is 5.71. The van der Waals surface area contributed by atoms with Crippen LogP contribution in [-0.2, 0) is 5.75 Å². The Morgan fingerprint density at radius 3 is 2.75 bits per heavy atom. The number of nitrogens with zero attached hydrogens (tertiary/aromatic N) is 3. The number of hydrogen-bond acceptors (Lipinski definition) is 8. The Balaban J connectivity index is 1.87. The second-order valence-corrected chi connectivity index (χ2v) is 8.71. The van der Waals surface area contributed by atoms with Gasteiger partial charge in [0.15, 0.2) is 21.8 Å². The SMILES string of the molecule is CC(C)C[C@H](CO)Nc1nc(SCc2cc(F)ccc2F)nc2nc(N)sc12. The molecule has 0 spiro atoms. The summed E-state index contributed by atoms with van der Waals surface area (Å²) in [5.41, 5.74) is 6.48. The largest absolute Gasteiger partial charge is 0.394 e. The van der Waals surface area contributed by atoms with Crippen molar-refractivity contribution in [2.24, 2.45) is 5.92 Å². The standard InChI is InChI=1S/C18H21F2N5OS2/c1-9(2)5-12(7-26)22-15-14-16(23-17(21)28-14)25-18(24-15)27-8-10-6-11(19)3-4-13(10)20/h3-4,6,9,12,26H,5,7-8H2,1-2H3,(H3,21,22,23,24,25)/t12-/m1/s1. The molecule has 28 heavy (non-hydrogen) atoms. The van der Waals surface area contributed by atoms with Crippen molar-refractivity contribution in [3.63, 3.8) is 0 Å². The van der Waals surface area contributed by atoms with Gasteiger partial charge in [-0.15, -0.1) is 0 Å². The minimum atomic E-state index is -0.498. The minimum Gasteiger partial charge on any atom is -0.394 e. The van der Waals surface area contributed by atoms with E-state index < -0.39 is 11.6 Å². The lowest BCUT2D eigenvalue weighted by molar-refractivity contribution is 0.259. The molecule has 0 saturated carbocycles. The molecule has 0 aliphatic heterocycles. The zero-order valence-electron chi connectivity index (χ0n) is 15.4. The van der Waals surface area contributed by atoms with Gasteiger partial charge in [0.05, 0.1) is 12.6 Å². The molecule has 3 rings (SSSR count). The quantitative estimate of drug-likeness (QED) is 0.370. The predicted octanol–water partition coefficient (Wildman–Crippen LogP) is 4.06. The van der Waals surface area contributed by atoms with Crippen molar-refractivity contribution >= 4 is 44.4 Å². The first kappa shape index (κ1) is 20.7. The number of hydrogen-bond donors (Lipinski definition) is 3. The molecule has 0 amide bonds. The molecule has 3 aromatic rings. The maximum Gasteiger partial charge on any atom is 0.191 e. The average molecular weight is 426 g/mol. The molecule has 2 aromatic heterocycles. The first-order valence-corrected chi connectivity index (χ1v) is 10.5. The number of anilines is 2. The molecular formula is C18H21F2N5OS2. The molecule has 6 nitrogen and oxygen atoms in total. The lowest BCUT2D eigenvalue weighted by Gasteiger charge is -2.19. The molecule has 0 aliphatic carbocycles. The summed E-state index contributed by atoms with van der Waals surface area (Å²) in [4.78, 5) is 13.1. The van der Waals surface area contributed by atoms with Gasteiger partial charge in [0.2, 0.25) is 0 Å². The third kappa shape index (κ3) is 5.06. The van der Waals surface area contributed by atoms with E-state index in [2.05, 4.69) is 34.1 Å². The van der Waals surface area contributed by atoms with Crippen molar-refractivity contribution in [3.05, 3.63) is 35.4 Å². The molecule has 4 N–H and O–H groups in total. The number of thioether (sulfide) groups is 1. The molecule has 150 valence electrons. The Labute approximate surface area is 169 Å². The number of nitrogen functional groups attached to an aromatic ring is 1. The van der Waals surface area contributed by atoms with Crippen molar-refractivity contribution in [1.82, 2.24) is 15.0 Å². The highest BCUT2D eigenvalue weighted by Gasteiger charge is 2.17. The summed E-state index contributed by atoms with van der Waals surface area (Å²) >= 11 is 2.43. The zero-order chi connectivity index (χ0) is 20.3. The maximum absolute atomic E-state index is 13.9. The van der Waals surface area contributed by atoms with E-state index in [4.69, 9.17) is 5.73 Å². The Morgan fingerprint density at radius 2 is 2.04 bits per heavy atom. The number of aliphatic hydroxyl groups is 1. The molecular weight excluding hydrogens is 404 g/mol. The molecule has 0 fully saturated rings. The van der Waals surface area contributed by atoms with Gasteiger partial charge in [-0.2, -0.15) is 0 Å². The fourth-order valence-electron chi connectivity index (χ4n) is 2.72. The van der Waals surface area contributed by atoms with Crippen molar-refractivity contribution < 1.29 is 13.9 Å². The second-order valence-electron chi connectivity index (χ2n) is 6.74. The van der Waals surface area contributed by atoms with Crippen LogP contribution in [0.15, 0.2) is 23.4 Å². The van der Waals surface area contributed by atoms with E-state index in [9.17, 15) is 13.9 Å². The first-order chi connectivity index (χ1) is 13.4. The number of halogens is 2. The summed E-state index contributed by atoms with van der Waals surface area (Å²) < 4.78 is 27.9. The summed E-state index contributed by atoms with van der Waals surface area (Å²) in [6, 6.07) is 3.16. The Morgan fingerprint density at radius 1 is 1.25 bits per heavy atom. The minimum absolute atomic E-state index is 0.0467. The summed E-state index contributed by atoms with van der Waals surface area (Å²) in [5.74, 6) is 0.106. The number of nitrogens with one attached hydrogen (secondary N) is 1. The highest BCUT2D eigenvalue weighted by Crippen LogP contribution is 2.32. The number of rotatable bonds is 8. The van der Waals surface area contributed by atoms with Gasteiger partial charge >= 0.3 is 0 Å². The van der Waals surface area contributed by atoms with Crippen LogP contribution in [0.4, 0.5) is 19.7 Å². The molecule has 0 unspecified atom stereocenters. The van der Waals surface area contributed by atoms with Gasteiger partial charge in [-0.25, -0.2) is 23.7 Å². The molecule has 0 bridgehead atoms. The number of fused-ring (bicyclic) bond motifs is 1. The fourth-order valence-corrected chi connectivity index (χ4v) is 4.26. The van der Waals surface area contributed by atoms with Crippen molar-refractivity contribution in [1.29, 1.82) is 0 Å². The van der Waals surface area contributed by atoms with Crippen LogP contribution in [0.5, 0.6) is 0 Å². The molecule has 0 saturated heterocycles. The van der Waals surface area contributed by atoms with Crippen LogP contribution in [-0.4, -0.2) is 32.7 Å². The second kappa shape index (κ2) is 8.97. The van der Waals surface area contributed by atoms with Gasteiger partial charge in [0.1, 0.15) is 16.3 Å². The zero-order valence-corrected chi connectivity index (χ0v) is 17.1. The van der Waals surface area contributed by atoms with E-state index >= 15 is 0 Å². The Hall–Kier alpha value is -2.04. The van der Waals surface area contributed by atoms with E-state index in [-0.39, 0.29) is 24.0 Å². The van der Waals surface area contributed by atoms with E-state index in [1.807, 2.05) is 0 Å². The number of aromatic nitrogens is 3. The summed E-state index contributed by atoms with van der Waals surface area (Å²) in [5, 5.41) is 13.6. The molecule has 0 aliphatic rings. The topological polar surface area (TPSA) is 97.0 Å². The highest BCUT2D eigenvalue weighted by molar-refractivity contribution is 7.98. The number of aliphatic hydroxyl groups excluding tert-OH is 1. The van der Waals surface area contributed by atoms with Crippen molar-refractivity contribution in [2.45, 2.75) is 37.2 Å². The lowest BCUT2D eigenvalue weighted by Crippen LogP contribution is -2.26. The van der Waals surface area contributed by atoms with E-state index in [0.717, 1.165) is 24.6 Å². The smallest absolute Gasteiger partial charge is 0.191 e. The normalized spacial score (nSPS) is 12.6. The van der Waals surface area contributed by atoms with Crippen LogP contribution >= 0.6 is 23.1 Å². The van der Waals surface area contributed by atoms with Gasteiger partial charge in [-0.05, 0) is 30.5 Å².